The zero-order valence-electron chi connectivity index (χ0n) is 6.77. The molecular formula is C10H6N2O. The number of rotatable bonds is 2. The SMILES string of the molecule is N#CC=Cc1ccccc1N=C=O. The van der Waals surface area contributed by atoms with Crippen molar-refractivity contribution in [3.63, 3.8) is 0 Å². The van der Waals surface area contributed by atoms with E-state index in [1.165, 1.54) is 12.2 Å². The van der Waals surface area contributed by atoms with E-state index in [9.17, 15) is 4.79 Å². The molecule has 3 heteroatoms. The van der Waals surface area contributed by atoms with Gasteiger partial charge < -0.3 is 0 Å². The highest BCUT2D eigenvalue weighted by Crippen LogP contribution is 2.18. The second-order valence-electron chi connectivity index (χ2n) is 2.22. The zero-order chi connectivity index (χ0) is 9.52. The molecule has 0 heterocycles. The Morgan fingerprint density at radius 1 is 1.38 bits per heavy atom. The fourth-order valence-electron chi connectivity index (χ4n) is 0.907. The normalized spacial score (nSPS) is 9.15. The van der Waals surface area contributed by atoms with Gasteiger partial charge in [-0.25, -0.2) is 4.79 Å². The highest BCUT2D eigenvalue weighted by molar-refractivity contribution is 5.67. The molecule has 0 aliphatic heterocycles. The Balaban J connectivity index is 3.13. The summed E-state index contributed by atoms with van der Waals surface area (Å²) in [5.41, 5.74) is 1.25. The molecule has 1 rings (SSSR count). The van der Waals surface area contributed by atoms with E-state index in [4.69, 9.17) is 5.26 Å². The summed E-state index contributed by atoms with van der Waals surface area (Å²) in [7, 11) is 0. The van der Waals surface area contributed by atoms with Crippen LogP contribution in [-0.4, -0.2) is 6.08 Å². The van der Waals surface area contributed by atoms with Crippen molar-refractivity contribution in [2.24, 2.45) is 4.99 Å². The van der Waals surface area contributed by atoms with Crippen LogP contribution in [0.3, 0.4) is 0 Å². The molecular weight excluding hydrogens is 164 g/mol. The predicted molar refractivity (Wildman–Crippen MR) is 48.9 cm³/mol. The molecule has 0 aromatic heterocycles. The molecule has 3 nitrogen and oxygen atoms in total. The van der Waals surface area contributed by atoms with Crippen molar-refractivity contribution in [1.29, 1.82) is 5.26 Å². The number of nitriles is 1. The zero-order valence-corrected chi connectivity index (χ0v) is 6.77. The van der Waals surface area contributed by atoms with Crippen LogP contribution in [0.25, 0.3) is 6.08 Å². The second kappa shape index (κ2) is 4.66. The van der Waals surface area contributed by atoms with Gasteiger partial charge in [-0.2, -0.15) is 10.3 Å². The van der Waals surface area contributed by atoms with E-state index in [2.05, 4.69) is 4.99 Å². The van der Waals surface area contributed by atoms with Gasteiger partial charge in [0.15, 0.2) is 0 Å². The minimum absolute atomic E-state index is 0.518. The Morgan fingerprint density at radius 2 is 2.15 bits per heavy atom. The molecule has 0 aliphatic carbocycles. The number of para-hydroxylation sites is 1. The van der Waals surface area contributed by atoms with E-state index in [1.54, 1.807) is 30.3 Å². The molecule has 0 saturated heterocycles. The van der Waals surface area contributed by atoms with Gasteiger partial charge in [-0.15, -0.1) is 0 Å². The van der Waals surface area contributed by atoms with Gasteiger partial charge in [0.2, 0.25) is 6.08 Å². The number of hydrogen-bond acceptors (Lipinski definition) is 3. The third kappa shape index (κ3) is 2.41. The Bertz CT molecular complexity index is 409. The van der Waals surface area contributed by atoms with Gasteiger partial charge in [-0.05, 0) is 12.1 Å². The van der Waals surface area contributed by atoms with Crippen LogP contribution in [0.5, 0.6) is 0 Å². The average Bonchev–Trinajstić information content (AvgIpc) is 2.17. The van der Waals surface area contributed by atoms with Gasteiger partial charge in [0.1, 0.15) is 0 Å². The monoisotopic (exact) mass is 170 g/mol. The van der Waals surface area contributed by atoms with Crippen molar-refractivity contribution in [3.8, 4) is 6.07 Å². The maximum absolute atomic E-state index is 10.0. The van der Waals surface area contributed by atoms with Crippen molar-refractivity contribution in [2.45, 2.75) is 0 Å². The van der Waals surface area contributed by atoms with Crippen LogP contribution in [-0.2, 0) is 4.79 Å². The van der Waals surface area contributed by atoms with E-state index in [0.717, 1.165) is 5.56 Å². The number of benzene rings is 1. The minimum Gasteiger partial charge on any atom is -0.211 e. The van der Waals surface area contributed by atoms with Gasteiger partial charge in [-0.1, -0.05) is 18.2 Å². The van der Waals surface area contributed by atoms with E-state index >= 15 is 0 Å². The van der Waals surface area contributed by atoms with Crippen molar-refractivity contribution < 1.29 is 4.79 Å². The van der Waals surface area contributed by atoms with Crippen LogP contribution in [0, 0.1) is 11.3 Å². The first-order valence-corrected chi connectivity index (χ1v) is 3.61. The summed E-state index contributed by atoms with van der Waals surface area (Å²) >= 11 is 0. The lowest BCUT2D eigenvalue weighted by Gasteiger charge is -1.95. The Hall–Kier alpha value is -2.17. The van der Waals surface area contributed by atoms with Gasteiger partial charge in [-0.3, -0.25) is 0 Å². The predicted octanol–water partition coefficient (Wildman–Crippen LogP) is 2.19. The van der Waals surface area contributed by atoms with Crippen LogP contribution in [0.1, 0.15) is 5.56 Å². The van der Waals surface area contributed by atoms with E-state index in [0.29, 0.717) is 5.69 Å². The number of aliphatic imine (C=N–C) groups is 1. The summed E-state index contributed by atoms with van der Waals surface area (Å²) in [6, 6.07) is 8.89. The third-order valence-corrected chi connectivity index (χ3v) is 1.44. The maximum Gasteiger partial charge on any atom is 0.240 e. The van der Waals surface area contributed by atoms with Gasteiger partial charge in [0.25, 0.3) is 0 Å². The second-order valence-corrected chi connectivity index (χ2v) is 2.22. The molecule has 1 aromatic carbocycles. The third-order valence-electron chi connectivity index (χ3n) is 1.44. The van der Waals surface area contributed by atoms with Gasteiger partial charge >= 0.3 is 0 Å². The maximum atomic E-state index is 10.0. The standard InChI is InChI=1S/C10H6N2O/c11-7-3-5-9-4-1-2-6-10(9)12-8-13/h1-6H. The number of allylic oxidation sites excluding steroid dienone is 1. The summed E-state index contributed by atoms with van der Waals surface area (Å²) in [4.78, 5) is 13.5. The van der Waals surface area contributed by atoms with E-state index in [1.807, 2.05) is 6.07 Å². The Morgan fingerprint density at radius 3 is 2.85 bits per heavy atom. The number of isocyanates is 1. The largest absolute Gasteiger partial charge is 0.240 e. The quantitative estimate of drug-likeness (QED) is 0.388. The van der Waals surface area contributed by atoms with E-state index < -0.39 is 0 Å². The fraction of sp³-hybridized carbons (Fsp3) is 0. The number of nitrogens with zero attached hydrogens (tertiary/aromatic N) is 2. The Labute approximate surface area is 75.7 Å². The average molecular weight is 170 g/mol. The van der Waals surface area contributed by atoms with Crippen LogP contribution in [0.4, 0.5) is 5.69 Å². The van der Waals surface area contributed by atoms with Crippen molar-refractivity contribution in [2.75, 3.05) is 0 Å². The topological polar surface area (TPSA) is 53.2 Å². The van der Waals surface area contributed by atoms with Gasteiger partial charge in [0.05, 0.1) is 11.8 Å². The summed E-state index contributed by atoms with van der Waals surface area (Å²) in [6.07, 6.45) is 4.38. The molecule has 0 atom stereocenters. The van der Waals surface area contributed by atoms with E-state index in [-0.39, 0.29) is 0 Å². The Kier molecular flexibility index (Phi) is 3.20. The van der Waals surface area contributed by atoms with Crippen LogP contribution in [0.15, 0.2) is 35.3 Å². The molecule has 0 bridgehead atoms. The van der Waals surface area contributed by atoms with Crippen LogP contribution in [0.2, 0.25) is 0 Å². The first kappa shape index (κ1) is 8.92. The molecule has 0 amide bonds. The molecule has 0 radical (unpaired) electrons. The minimum atomic E-state index is 0.518. The molecule has 0 fully saturated rings. The lowest BCUT2D eigenvalue weighted by atomic mass is 10.2. The number of hydrogen-bond donors (Lipinski definition) is 0. The lowest BCUT2D eigenvalue weighted by molar-refractivity contribution is 0.565. The first-order chi connectivity index (χ1) is 6.38. The smallest absolute Gasteiger partial charge is 0.211 e. The lowest BCUT2D eigenvalue weighted by Crippen LogP contribution is -1.72. The molecule has 0 aliphatic rings. The molecule has 0 N–H and O–H groups in total. The summed E-state index contributed by atoms with van der Waals surface area (Å²) in [5.74, 6) is 0. The summed E-state index contributed by atoms with van der Waals surface area (Å²) in [6.45, 7) is 0. The van der Waals surface area contributed by atoms with Crippen molar-refractivity contribution in [3.05, 3.63) is 35.9 Å². The van der Waals surface area contributed by atoms with Crippen molar-refractivity contribution >= 4 is 17.8 Å². The highest BCUT2D eigenvalue weighted by atomic mass is 16.1. The molecule has 0 unspecified atom stereocenters. The molecule has 0 saturated carbocycles. The highest BCUT2D eigenvalue weighted by Gasteiger charge is 1.94. The molecule has 13 heavy (non-hydrogen) atoms. The summed E-state index contributed by atoms with van der Waals surface area (Å²) < 4.78 is 0. The van der Waals surface area contributed by atoms with Crippen molar-refractivity contribution in [1.82, 2.24) is 0 Å². The van der Waals surface area contributed by atoms with Crippen LogP contribution < -0.4 is 0 Å². The molecule has 1 aromatic rings. The fourth-order valence-corrected chi connectivity index (χ4v) is 0.907. The molecule has 62 valence electrons. The van der Waals surface area contributed by atoms with Gasteiger partial charge in [0, 0.05) is 11.6 Å². The molecule has 0 spiro atoms. The van der Waals surface area contributed by atoms with Crippen LogP contribution >= 0.6 is 0 Å². The number of carbonyl (C=O) groups excluding carboxylic acids is 1. The summed E-state index contributed by atoms with van der Waals surface area (Å²) in [5, 5.41) is 8.30. The first-order valence-electron chi connectivity index (χ1n) is 3.61.